The summed E-state index contributed by atoms with van der Waals surface area (Å²) in [5, 5.41) is 0.902. The first-order valence-corrected chi connectivity index (χ1v) is 13.6. The van der Waals surface area contributed by atoms with Crippen LogP contribution in [0, 0.1) is 19.3 Å². The number of benzene rings is 2. The zero-order valence-electron chi connectivity index (χ0n) is 23.3. The van der Waals surface area contributed by atoms with Crippen molar-refractivity contribution in [3.05, 3.63) is 64.4 Å². The Hall–Kier alpha value is -3.08. The topological polar surface area (TPSA) is 65.7 Å². The molecule has 0 saturated heterocycles. The van der Waals surface area contributed by atoms with E-state index in [1.54, 1.807) is 13.0 Å². The Morgan fingerprint density at radius 1 is 1.03 bits per heavy atom. The van der Waals surface area contributed by atoms with E-state index in [1.807, 2.05) is 26.8 Å². The zero-order valence-corrected chi connectivity index (χ0v) is 23.3. The van der Waals surface area contributed by atoms with Gasteiger partial charge in [0.15, 0.2) is 11.9 Å². The zero-order chi connectivity index (χ0) is 27.0. The van der Waals surface area contributed by atoms with Crippen LogP contribution in [-0.2, 0) is 14.9 Å². The van der Waals surface area contributed by atoms with Crippen molar-refractivity contribution in [1.29, 1.82) is 0 Å². The normalized spacial score (nSPS) is 17.7. The Bertz CT molecular complexity index is 1310. The third-order valence-corrected chi connectivity index (χ3v) is 8.26. The van der Waals surface area contributed by atoms with Crippen LogP contribution < -0.4 is 4.74 Å². The van der Waals surface area contributed by atoms with E-state index in [9.17, 15) is 9.59 Å². The molecule has 1 atom stereocenters. The maximum Gasteiger partial charge on any atom is 0.374 e. The van der Waals surface area contributed by atoms with Gasteiger partial charge in [-0.05, 0) is 93.3 Å². The number of rotatable bonds is 8. The molecular weight excluding hydrogens is 464 g/mol. The predicted octanol–water partition coefficient (Wildman–Crippen LogP) is 7.86. The third kappa shape index (κ3) is 4.93. The average Bonchev–Trinajstić information content (AvgIpc) is 3.30. The van der Waals surface area contributed by atoms with Crippen LogP contribution in [0.15, 0.2) is 40.8 Å². The van der Waals surface area contributed by atoms with Crippen molar-refractivity contribution in [2.75, 3.05) is 6.61 Å². The van der Waals surface area contributed by atoms with E-state index in [1.165, 1.54) is 11.1 Å². The van der Waals surface area contributed by atoms with Crippen LogP contribution in [0.2, 0.25) is 0 Å². The quantitative estimate of drug-likeness (QED) is 0.292. The summed E-state index contributed by atoms with van der Waals surface area (Å²) in [6.07, 6.45) is 4.13. The Morgan fingerprint density at radius 2 is 1.73 bits per heavy atom. The maximum atomic E-state index is 12.9. The molecule has 0 spiro atoms. The summed E-state index contributed by atoms with van der Waals surface area (Å²) in [5.41, 5.74) is 4.60. The minimum absolute atomic E-state index is 0.199. The molecule has 1 unspecified atom stereocenters. The van der Waals surface area contributed by atoms with Crippen molar-refractivity contribution in [3.8, 4) is 5.75 Å². The summed E-state index contributed by atoms with van der Waals surface area (Å²) in [7, 11) is 0. The molecule has 37 heavy (non-hydrogen) atoms. The minimum Gasteiger partial charge on any atom is -0.482 e. The van der Waals surface area contributed by atoms with E-state index in [2.05, 4.69) is 45.0 Å². The molecule has 1 heterocycles. The third-order valence-electron chi connectivity index (χ3n) is 8.26. The fraction of sp³-hybridized carbons (Fsp3) is 0.500. The first kappa shape index (κ1) is 27.0. The van der Waals surface area contributed by atoms with Crippen molar-refractivity contribution in [2.24, 2.45) is 5.41 Å². The van der Waals surface area contributed by atoms with Crippen LogP contribution in [0.5, 0.6) is 5.75 Å². The van der Waals surface area contributed by atoms with Gasteiger partial charge in [0.25, 0.3) is 0 Å². The van der Waals surface area contributed by atoms with Gasteiger partial charge in [-0.15, -0.1) is 0 Å². The van der Waals surface area contributed by atoms with Gasteiger partial charge in [-0.25, -0.2) is 4.79 Å². The number of ketones is 1. The van der Waals surface area contributed by atoms with E-state index in [0.717, 1.165) is 54.4 Å². The number of carbonyl (C=O) groups is 2. The first-order valence-electron chi connectivity index (χ1n) is 13.6. The molecule has 0 N–H and O–H groups in total. The van der Waals surface area contributed by atoms with Crippen LogP contribution in [-0.4, -0.2) is 24.5 Å². The lowest BCUT2D eigenvalue weighted by Crippen LogP contribution is -2.42. The van der Waals surface area contributed by atoms with Gasteiger partial charge in [0, 0.05) is 16.2 Å². The SMILES string of the molecule is CCOC(=O)c1cc2cc(C(CC)(CC)c3ccc(OC4CCCC(C)(C)C4=O)c(C)c3)cc(C)c2o1. The van der Waals surface area contributed by atoms with Crippen molar-refractivity contribution in [3.63, 3.8) is 0 Å². The number of furan rings is 1. The molecule has 0 bridgehead atoms. The summed E-state index contributed by atoms with van der Waals surface area (Å²) in [6.45, 7) is 14.6. The molecule has 4 rings (SSSR count). The van der Waals surface area contributed by atoms with E-state index in [0.29, 0.717) is 12.2 Å². The minimum atomic E-state index is -0.442. The number of carbonyl (C=O) groups excluding carboxylic acids is 2. The van der Waals surface area contributed by atoms with Crippen LogP contribution in [0.25, 0.3) is 11.0 Å². The van der Waals surface area contributed by atoms with E-state index in [-0.39, 0.29) is 28.5 Å². The lowest BCUT2D eigenvalue weighted by atomic mass is 9.70. The molecule has 0 aliphatic heterocycles. The number of hydrogen-bond donors (Lipinski definition) is 0. The Balaban J connectivity index is 1.70. The van der Waals surface area contributed by atoms with E-state index < -0.39 is 5.97 Å². The molecule has 1 aliphatic carbocycles. The fourth-order valence-corrected chi connectivity index (χ4v) is 5.91. The van der Waals surface area contributed by atoms with Crippen molar-refractivity contribution in [1.82, 2.24) is 0 Å². The average molecular weight is 505 g/mol. The van der Waals surface area contributed by atoms with Crippen molar-refractivity contribution < 1.29 is 23.5 Å². The molecule has 5 heteroatoms. The molecule has 1 fully saturated rings. The Morgan fingerprint density at radius 3 is 2.38 bits per heavy atom. The Kier molecular flexibility index (Phi) is 7.55. The number of esters is 1. The van der Waals surface area contributed by atoms with Gasteiger partial charge in [0.2, 0.25) is 5.76 Å². The number of ether oxygens (including phenoxy) is 2. The van der Waals surface area contributed by atoms with E-state index in [4.69, 9.17) is 13.9 Å². The maximum absolute atomic E-state index is 12.9. The number of aryl methyl sites for hydroxylation is 2. The second kappa shape index (κ2) is 10.4. The number of fused-ring (bicyclic) bond motifs is 1. The molecule has 1 aliphatic rings. The lowest BCUT2D eigenvalue weighted by Gasteiger charge is -2.35. The van der Waals surface area contributed by atoms with Gasteiger partial charge in [-0.3, -0.25) is 4.79 Å². The summed E-state index contributed by atoms with van der Waals surface area (Å²) < 4.78 is 17.3. The molecule has 0 amide bonds. The molecule has 1 saturated carbocycles. The molecule has 2 aromatic carbocycles. The summed E-state index contributed by atoms with van der Waals surface area (Å²) in [6, 6.07) is 12.5. The number of Topliss-reactive ketones (excluding diaryl/α,β-unsaturated/α-hetero) is 1. The van der Waals surface area contributed by atoms with Gasteiger partial charge in [0.05, 0.1) is 6.61 Å². The highest BCUT2D eigenvalue weighted by Crippen LogP contribution is 2.43. The van der Waals surface area contributed by atoms with Crippen LogP contribution >= 0.6 is 0 Å². The van der Waals surface area contributed by atoms with Crippen LogP contribution in [0.4, 0.5) is 0 Å². The second-order valence-electron chi connectivity index (χ2n) is 11.1. The lowest BCUT2D eigenvalue weighted by molar-refractivity contribution is -0.137. The predicted molar refractivity (Wildman–Crippen MR) is 147 cm³/mol. The largest absolute Gasteiger partial charge is 0.482 e. The van der Waals surface area contributed by atoms with Gasteiger partial charge >= 0.3 is 5.97 Å². The first-order chi connectivity index (χ1) is 17.6. The second-order valence-corrected chi connectivity index (χ2v) is 11.1. The van der Waals surface area contributed by atoms with Gasteiger partial charge in [-0.1, -0.05) is 45.9 Å². The summed E-state index contributed by atoms with van der Waals surface area (Å²) in [5.74, 6) is 0.766. The summed E-state index contributed by atoms with van der Waals surface area (Å²) >= 11 is 0. The highest BCUT2D eigenvalue weighted by Gasteiger charge is 2.39. The monoisotopic (exact) mass is 504 g/mol. The van der Waals surface area contributed by atoms with Gasteiger partial charge in [-0.2, -0.15) is 0 Å². The van der Waals surface area contributed by atoms with Crippen molar-refractivity contribution in [2.45, 2.75) is 92.1 Å². The molecule has 3 aromatic rings. The smallest absolute Gasteiger partial charge is 0.374 e. The van der Waals surface area contributed by atoms with Gasteiger partial charge in [0.1, 0.15) is 11.3 Å². The standard InChI is InChI=1S/C32H40O5/c1-8-32(9-2,24-17-21(5)28-22(18-24)19-27(37-28)30(34)35-10-3)23-13-14-25(20(4)16-23)36-26-12-11-15-31(6,7)29(26)33/h13-14,16-19,26H,8-12,15H2,1-7H3. The fourth-order valence-electron chi connectivity index (χ4n) is 5.91. The highest BCUT2D eigenvalue weighted by molar-refractivity contribution is 5.94. The molecule has 1 aromatic heterocycles. The summed E-state index contributed by atoms with van der Waals surface area (Å²) in [4.78, 5) is 25.2. The molecule has 198 valence electrons. The Labute approximate surface area is 220 Å². The van der Waals surface area contributed by atoms with Gasteiger partial charge < -0.3 is 13.9 Å². The van der Waals surface area contributed by atoms with E-state index >= 15 is 0 Å². The van der Waals surface area contributed by atoms with Crippen LogP contribution in [0.3, 0.4) is 0 Å². The highest BCUT2D eigenvalue weighted by atomic mass is 16.5. The van der Waals surface area contributed by atoms with Crippen LogP contribution in [0.1, 0.15) is 99.5 Å². The molecule has 5 nitrogen and oxygen atoms in total. The molecule has 0 radical (unpaired) electrons. The number of hydrogen-bond acceptors (Lipinski definition) is 5. The van der Waals surface area contributed by atoms with Crippen molar-refractivity contribution >= 4 is 22.7 Å². The molecular formula is C32H40O5.